The highest BCUT2D eigenvalue weighted by molar-refractivity contribution is 5.26. The second-order valence-electron chi connectivity index (χ2n) is 8.19. The Balaban J connectivity index is 1.70. The van der Waals surface area contributed by atoms with Crippen LogP contribution in [0.5, 0.6) is 0 Å². The van der Waals surface area contributed by atoms with E-state index in [0.29, 0.717) is 6.04 Å². The van der Waals surface area contributed by atoms with E-state index in [0.717, 1.165) is 5.82 Å². The molecule has 1 N–H and O–H groups in total. The Morgan fingerprint density at radius 2 is 1.58 bits per heavy atom. The predicted molar refractivity (Wildman–Crippen MR) is 102 cm³/mol. The van der Waals surface area contributed by atoms with E-state index >= 15 is 0 Å². The summed E-state index contributed by atoms with van der Waals surface area (Å²) in [5, 5.41) is 13.2. The number of aryl methyl sites for hydroxylation is 1. The number of nitrogens with zero attached hydrogens (tertiary/aromatic N) is 4. The minimum Gasteiger partial charge on any atom is -0.322 e. The van der Waals surface area contributed by atoms with Crippen LogP contribution in [0, 0.1) is 6.92 Å². The van der Waals surface area contributed by atoms with Gasteiger partial charge in [0.15, 0.2) is 6.04 Å². The van der Waals surface area contributed by atoms with Crippen molar-refractivity contribution in [3.05, 3.63) is 41.2 Å². The van der Waals surface area contributed by atoms with Gasteiger partial charge in [0.05, 0.1) is 19.1 Å². The van der Waals surface area contributed by atoms with Crippen LogP contribution in [0.4, 0.5) is 0 Å². The second-order valence-corrected chi connectivity index (χ2v) is 8.19. The lowest BCUT2D eigenvalue weighted by Gasteiger charge is -2.29. The molecule has 26 heavy (non-hydrogen) atoms. The molecule has 2 aromatic rings. The SMILES string of the molecule is Cc1ccc([C@@H](c2nnnn2C2CCCCC2)[NH+]2CCCCCC2)cc1. The number of rotatable bonds is 4. The van der Waals surface area contributed by atoms with Crippen LogP contribution in [0.25, 0.3) is 0 Å². The van der Waals surface area contributed by atoms with Gasteiger partial charge < -0.3 is 4.90 Å². The van der Waals surface area contributed by atoms with Gasteiger partial charge >= 0.3 is 0 Å². The van der Waals surface area contributed by atoms with E-state index in [4.69, 9.17) is 0 Å². The predicted octanol–water partition coefficient (Wildman–Crippen LogP) is 3.04. The monoisotopic (exact) mass is 354 g/mol. The van der Waals surface area contributed by atoms with Crippen LogP contribution in [-0.2, 0) is 0 Å². The summed E-state index contributed by atoms with van der Waals surface area (Å²) in [6.07, 6.45) is 11.7. The average Bonchev–Trinajstić information content (AvgIpc) is 3.00. The molecular formula is C21H32N5+. The number of quaternary nitrogens is 1. The Morgan fingerprint density at radius 1 is 0.923 bits per heavy atom. The molecule has 0 bridgehead atoms. The number of benzene rings is 1. The number of nitrogens with one attached hydrogen (secondary N) is 1. The standard InChI is InChI=1S/C21H31N5/c1-17-11-13-18(14-12-17)20(25-15-7-2-3-8-16-25)21-22-23-24-26(21)19-9-5-4-6-10-19/h11-14,19-20H,2-10,15-16H2,1H3/p+1/t20-/m0/s1. The molecule has 2 fully saturated rings. The summed E-state index contributed by atoms with van der Waals surface area (Å²) < 4.78 is 2.18. The maximum atomic E-state index is 4.58. The highest BCUT2D eigenvalue weighted by Gasteiger charge is 2.34. The van der Waals surface area contributed by atoms with Crippen molar-refractivity contribution in [1.82, 2.24) is 20.2 Å². The highest BCUT2D eigenvalue weighted by atomic mass is 15.6. The van der Waals surface area contributed by atoms with Gasteiger partial charge in [-0.1, -0.05) is 49.1 Å². The third-order valence-corrected chi connectivity index (χ3v) is 6.26. The van der Waals surface area contributed by atoms with Crippen molar-refractivity contribution in [2.24, 2.45) is 0 Å². The average molecular weight is 355 g/mol. The van der Waals surface area contributed by atoms with Crippen molar-refractivity contribution in [2.45, 2.75) is 76.8 Å². The number of tetrazole rings is 1. The van der Waals surface area contributed by atoms with E-state index < -0.39 is 0 Å². The van der Waals surface area contributed by atoms with Gasteiger partial charge in [0.2, 0.25) is 5.82 Å². The fourth-order valence-electron chi connectivity index (χ4n) is 4.77. The topological polar surface area (TPSA) is 48.0 Å². The molecule has 1 aliphatic carbocycles. The number of aromatic nitrogens is 4. The van der Waals surface area contributed by atoms with Crippen LogP contribution < -0.4 is 4.90 Å². The summed E-state index contributed by atoms with van der Waals surface area (Å²) in [5.41, 5.74) is 2.67. The van der Waals surface area contributed by atoms with E-state index in [1.54, 1.807) is 4.90 Å². The van der Waals surface area contributed by atoms with Crippen LogP contribution in [0.3, 0.4) is 0 Å². The fourth-order valence-corrected chi connectivity index (χ4v) is 4.77. The van der Waals surface area contributed by atoms with Gasteiger partial charge in [0.1, 0.15) is 0 Å². The third kappa shape index (κ3) is 3.83. The Hall–Kier alpha value is -1.75. The third-order valence-electron chi connectivity index (χ3n) is 6.26. The lowest BCUT2D eigenvalue weighted by Crippen LogP contribution is -3.12. The Morgan fingerprint density at radius 3 is 2.27 bits per heavy atom. The number of hydrogen-bond donors (Lipinski definition) is 1. The highest BCUT2D eigenvalue weighted by Crippen LogP contribution is 2.30. The van der Waals surface area contributed by atoms with E-state index in [-0.39, 0.29) is 6.04 Å². The molecule has 1 aliphatic heterocycles. The van der Waals surface area contributed by atoms with Crippen molar-refractivity contribution in [3.63, 3.8) is 0 Å². The van der Waals surface area contributed by atoms with Gasteiger partial charge in [-0.3, -0.25) is 0 Å². The first-order chi connectivity index (χ1) is 12.8. The van der Waals surface area contributed by atoms with Crippen molar-refractivity contribution in [3.8, 4) is 0 Å². The summed E-state index contributed by atoms with van der Waals surface area (Å²) in [6.45, 7) is 4.59. The normalized spacial score (nSPS) is 21.4. The zero-order valence-electron chi connectivity index (χ0n) is 16.0. The van der Waals surface area contributed by atoms with Crippen molar-refractivity contribution < 1.29 is 4.90 Å². The first-order valence-corrected chi connectivity index (χ1v) is 10.5. The summed E-state index contributed by atoms with van der Waals surface area (Å²) in [7, 11) is 0. The molecule has 0 spiro atoms. The van der Waals surface area contributed by atoms with Crippen LogP contribution in [0.2, 0.25) is 0 Å². The second kappa shape index (κ2) is 8.30. The molecule has 1 aromatic carbocycles. The molecule has 1 aromatic heterocycles. The van der Waals surface area contributed by atoms with E-state index in [1.807, 2.05) is 0 Å². The maximum absolute atomic E-state index is 4.58. The van der Waals surface area contributed by atoms with E-state index in [2.05, 4.69) is 51.4 Å². The molecule has 1 saturated carbocycles. The molecule has 5 heteroatoms. The van der Waals surface area contributed by atoms with Crippen molar-refractivity contribution in [2.75, 3.05) is 13.1 Å². The lowest BCUT2D eigenvalue weighted by atomic mass is 9.95. The number of hydrogen-bond acceptors (Lipinski definition) is 3. The van der Waals surface area contributed by atoms with E-state index in [9.17, 15) is 0 Å². The molecule has 140 valence electrons. The van der Waals surface area contributed by atoms with Gasteiger partial charge in [0, 0.05) is 5.56 Å². The smallest absolute Gasteiger partial charge is 0.214 e. The lowest BCUT2D eigenvalue weighted by molar-refractivity contribution is -0.925. The summed E-state index contributed by atoms with van der Waals surface area (Å²) >= 11 is 0. The molecule has 0 unspecified atom stereocenters. The molecule has 0 radical (unpaired) electrons. The summed E-state index contributed by atoms with van der Waals surface area (Å²) in [5.74, 6) is 1.08. The summed E-state index contributed by atoms with van der Waals surface area (Å²) in [6, 6.07) is 9.77. The first-order valence-electron chi connectivity index (χ1n) is 10.5. The molecule has 1 atom stereocenters. The molecule has 2 heterocycles. The maximum Gasteiger partial charge on any atom is 0.214 e. The quantitative estimate of drug-likeness (QED) is 0.918. The van der Waals surface area contributed by atoms with Crippen molar-refractivity contribution >= 4 is 0 Å². The van der Waals surface area contributed by atoms with Crippen molar-refractivity contribution in [1.29, 1.82) is 0 Å². The Kier molecular flexibility index (Phi) is 5.63. The van der Waals surface area contributed by atoms with Crippen LogP contribution in [-0.4, -0.2) is 33.3 Å². The molecular weight excluding hydrogens is 322 g/mol. The largest absolute Gasteiger partial charge is 0.322 e. The van der Waals surface area contributed by atoms with Crippen LogP contribution >= 0.6 is 0 Å². The minimum absolute atomic E-state index is 0.255. The van der Waals surface area contributed by atoms with Gasteiger partial charge in [-0.05, 0) is 55.9 Å². The molecule has 0 amide bonds. The zero-order valence-corrected chi connectivity index (χ0v) is 16.0. The van der Waals surface area contributed by atoms with Gasteiger partial charge in [-0.15, -0.1) is 5.10 Å². The van der Waals surface area contributed by atoms with Gasteiger partial charge in [0.25, 0.3) is 0 Å². The van der Waals surface area contributed by atoms with Crippen LogP contribution in [0.1, 0.15) is 86.8 Å². The Bertz CT molecular complexity index is 679. The number of likely N-dealkylation sites (tertiary alicyclic amines) is 1. The Labute approximate surface area is 156 Å². The fraction of sp³-hybridized carbons (Fsp3) is 0.667. The summed E-state index contributed by atoms with van der Waals surface area (Å²) in [4.78, 5) is 1.64. The van der Waals surface area contributed by atoms with Crippen LogP contribution in [0.15, 0.2) is 24.3 Å². The van der Waals surface area contributed by atoms with Gasteiger partial charge in [-0.25, -0.2) is 4.68 Å². The molecule has 4 rings (SSSR count). The zero-order chi connectivity index (χ0) is 17.8. The minimum atomic E-state index is 0.255. The molecule has 1 saturated heterocycles. The first kappa shape index (κ1) is 17.7. The van der Waals surface area contributed by atoms with E-state index in [1.165, 1.54) is 82.0 Å². The molecule has 2 aliphatic rings. The molecule has 5 nitrogen and oxygen atoms in total. The van der Waals surface area contributed by atoms with Gasteiger partial charge in [-0.2, -0.15) is 0 Å².